The van der Waals surface area contributed by atoms with Crippen LogP contribution in [0.4, 0.5) is 0 Å². The number of aliphatic imine (C=N–C) groups is 1. The number of guanidine groups is 1. The van der Waals surface area contributed by atoms with Gasteiger partial charge in [0.25, 0.3) is 0 Å². The molecular weight excluding hydrogens is 282 g/mol. The van der Waals surface area contributed by atoms with E-state index < -0.39 is 0 Å². The molecule has 1 atom stereocenters. The third-order valence-electron chi connectivity index (χ3n) is 3.77. The molecule has 1 fully saturated rings. The fourth-order valence-electron chi connectivity index (χ4n) is 2.67. The highest BCUT2D eigenvalue weighted by Crippen LogP contribution is 2.16. The smallest absolute Gasteiger partial charge is 0.193 e. The van der Waals surface area contributed by atoms with E-state index in [2.05, 4.69) is 15.2 Å². The SMILES string of the molecule is CN=C(NCCCOCc1ccco1)N1CCC(COC)C1. The topological polar surface area (TPSA) is 59.2 Å². The summed E-state index contributed by atoms with van der Waals surface area (Å²) in [5.41, 5.74) is 0. The van der Waals surface area contributed by atoms with Crippen LogP contribution in [0.3, 0.4) is 0 Å². The minimum atomic E-state index is 0.534. The molecule has 6 heteroatoms. The first-order chi connectivity index (χ1) is 10.8. The van der Waals surface area contributed by atoms with Crippen LogP contribution < -0.4 is 5.32 Å². The fraction of sp³-hybridized carbons (Fsp3) is 0.688. The van der Waals surface area contributed by atoms with Gasteiger partial charge in [0.05, 0.1) is 12.9 Å². The van der Waals surface area contributed by atoms with Crippen LogP contribution in [0, 0.1) is 5.92 Å². The van der Waals surface area contributed by atoms with Crippen molar-refractivity contribution >= 4 is 5.96 Å². The lowest BCUT2D eigenvalue weighted by atomic mass is 10.1. The van der Waals surface area contributed by atoms with Crippen LogP contribution in [-0.2, 0) is 16.1 Å². The van der Waals surface area contributed by atoms with Crippen LogP contribution in [0.25, 0.3) is 0 Å². The Bertz CT molecular complexity index is 434. The normalized spacial score (nSPS) is 18.9. The molecule has 124 valence electrons. The zero-order valence-corrected chi connectivity index (χ0v) is 13.6. The Hall–Kier alpha value is -1.53. The van der Waals surface area contributed by atoms with E-state index in [0.717, 1.165) is 44.4 Å². The monoisotopic (exact) mass is 309 g/mol. The number of hydrogen-bond acceptors (Lipinski definition) is 4. The molecule has 6 nitrogen and oxygen atoms in total. The van der Waals surface area contributed by atoms with E-state index in [4.69, 9.17) is 13.9 Å². The largest absolute Gasteiger partial charge is 0.467 e. The van der Waals surface area contributed by atoms with Crippen molar-refractivity contribution < 1.29 is 13.9 Å². The minimum Gasteiger partial charge on any atom is -0.467 e. The lowest BCUT2D eigenvalue weighted by molar-refractivity contribution is 0.104. The summed E-state index contributed by atoms with van der Waals surface area (Å²) in [4.78, 5) is 6.66. The highest BCUT2D eigenvalue weighted by Gasteiger charge is 2.24. The van der Waals surface area contributed by atoms with Gasteiger partial charge in [-0.15, -0.1) is 0 Å². The second-order valence-corrected chi connectivity index (χ2v) is 5.52. The van der Waals surface area contributed by atoms with Crippen molar-refractivity contribution in [1.29, 1.82) is 0 Å². The first kappa shape index (κ1) is 16.8. The summed E-state index contributed by atoms with van der Waals surface area (Å²) in [6.07, 6.45) is 3.77. The molecule has 1 aromatic heterocycles. The molecule has 1 saturated heterocycles. The van der Waals surface area contributed by atoms with Crippen molar-refractivity contribution in [3.8, 4) is 0 Å². The van der Waals surface area contributed by atoms with Gasteiger partial charge in [-0.2, -0.15) is 0 Å². The van der Waals surface area contributed by atoms with Gasteiger partial charge < -0.3 is 24.1 Å². The summed E-state index contributed by atoms with van der Waals surface area (Å²) in [5.74, 6) is 2.45. The molecule has 2 rings (SSSR count). The maximum absolute atomic E-state index is 5.56. The molecule has 22 heavy (non-hydrogen) atoms. The first-order valence-corrected chi connectivity index (χ1v) is 7.88. The number of likely N-dealkylation sites (tertiary alicyclic amines) is 1. The van der Waals surface area contributed by atoms with Gasteiger partial charge in [0.2, 0.25) is 0 Å². The molecule has 0 amide bonds. The molecular formula is C16H27N3O3. The van der Waals surface area contributed by atoms with Crippen LogP contribution >= 0.6 is 0 Å². The van der Waals surface area contributed by atoms with Gasteiger partial charge in [-0.05, 0) is 25.0 Å². The molecule has 2 heterocycles. The van der Waals surface area contributed by atoms with E-state index in [1.807, 2.05) is 19.2 Å². The number of rotatable bonds is 8. The van der Waals surface area contributed by atoms with Gasteiger partial charge in [-0.25, -0.2) is 0 Å². The van der Waals surface area contributed by atoms with Gasteiger partial charge in [0, 0.05) is 46.3 Å². The summed E-state index contributed by atoms with van der Waals surface area (Å²) in [6, 6.07) is 3.79. The Morgan fingerprint density at radius 1 is 1.55 bits per heavy atom. The van der Waals surface area contributed by atoms with Crippen molar-refractivity contribution in [1.82, 2.24) is 10.2 Å². The van der Waals surface area contributed by atoms with Gasteiger partial charge >= 0.3 is 0 Å². The Balaban J connectivity index is 1.57. The molecule has 0 aromatic carbocycles. The highest BCUT2D eigenvalue weighted by molar-refractivity contribution is 5.80. The predicted molar refractivity (Wildman–Crippen MR) is 85.9 cm³/mol. The van der Waals surface area contributed by atoms with E-state index >= 15 is 0 Å². The second kappa shape index (κ2) is 9.48. The molecule has 1 N–H and O–H groups in total. The van der Waals surface area contributed by atoms with Crippen molar-refractivity contribution in [2.75, 3.05) is 47.0 Å². The van der Waals surface area contributed by atoms with Crippen LogP contribution in [0.5, 0.6) is 0 Å². The average molecular weight is 309 g/mol. The van der Waals surface area contributed by atoms with Gasteiger partial charge in [0.15, 0.2) is 5.96 Å². The Morgan fingerprint density at radius 3 is 3.18 bits per heavy atom. The number of methoxy groups -OCH3 is 1. The maximum Gasteiger partial charge on any atom is 0.193 e. The molecule has 0 spiro atoms. The Kier molecular flexibility index (Phi) is 7.25. The highest BCUT2D eigenvalue weighted by atomic mass is 16.5. The average Bonchev–Trinajstić information content (AvgIpc) is 3.19. The van der Waals surface area contributed by atoms with Gasteiger partial charge in [0.1, 0.15) is 12.4 Å². The van der Waals surface area contributed by atoms with Crippen molar-refractivity contribution in [3.63, 3.8) is 0 Å². The van der Waals surface area contributed by atoms with E-state index in [1.165, 1.54) is 6.42 Å². The second-order valence-electron chi connectivity index (χ2n) is 5.52. The van der Waals surface area contributed by atoms with Gasteiger partial charge in [-0.1, -0.05) is 0 Å². The number of furan rings is 1. The summed E-state index contributed by atoms with van der Waals surface area (Å²) in [5, 5.41) is 3.40. The zero-order valence-electron chi connectivity index (χ0n) is 13.6. The van der Waals surface area contributed by atoms with Gasteiger partial charge in [-0.3, -0.25) is 4.99 Å². The lowest BCUT2D eigenvalue weighted by Crippen LogP contribution is -2.40. The molecule has 0 radical (unpaired) electrons. The quantitative estimate of drug-likeness (QED) is 0.450. The Labute approximate surface area is 132 Å². The maximum atomic E-state index is 5.56. The van der Waals surface area contributed by atoms with E-state index in [9.17, 15) is 0 Å². The Morgan fingerprint density at radius 2 is 2.45 bits per heavy atom. The number of hydrogen-bond donors (Lipinski definition) is 1. The molecule has 0 aliphatic carbocycles. The molecule has 1 aliphatic rings. The standard InChI is InChI=1S/C16H27N3O3/c1-17-16(19-8-6-14(11-19)12-20-2)18-7-4-9-21-13-15-5-3-10-22-15/h3,5,10,14H,4,6-9,11-13H2,1-2H3,(H,17,18). The minimum absolute atomic E-state index is 0.534. The van der Waals surface area contributed by atoms with E-state index in [0.29, 0.717) is 19.1 Å². The van der Waals surface area contributed by atoms with E-state index in [-0.39, 0.29) is 0 Å². The number of ether oxygens (including phenoxy) is 2. The van der Waals surface area contributed by atoms with Crippen molar-refractivity contribution in [3.05, 3.63) is 24.2 Å². The van der Waals surface area contributed by atoms with Crippen LogP contribution in [0.1, 0.15) is 18.6 Å². The number of nitrogens with zero attached hydrogens (tertiary/aromatic N) is 2. The summed E-state index contributed by atoms with van der Waals surface area (Å²) in [6.45, 7) is 4.99. The third kappa shape index (κ3) is 5.35. The molecule has 1 aromatic rings. The molecule has 1 unspecified atom stereocenters. The van der Waals surface area contributed by atoms with Crippen molar-refractivity contribution in [2.45, 2.75) is 19.4 Å². The van der Waals surface area contributed by atoms with Crippen molar-refractivity contribution in [2.24, 2.45) is 10.9 Å². The fourth-order valence-corrected chi connectivity index (χ4v) is 2.67. The summed E-state index contributed by atoms with van der Waals surface area (Å²) < 4.78 is 16.0. The number of nitrogens with one attached hydrogen (secondary N) is 1. The van der Waals surface area contributed by atoms with Crippen LogP contribution in [0.15, 0.2) is 27.8 Å². The lowest BCUT2D eigenvalue weighted by Gasteiger charge is -2.21. The van der Waals surface area contributed by atoms with Crippen LogP contribution in [-0.4, -0.2) is 57.9 Å². The third-order valence-corrected chi connectivity index (χ3v) is 3.77. The predicted octanol–water partition coefficient (Wildman–Crippen LogP) is 1.73. The molecule has 0 bridgehead atoms. The van der Waals surface area contributed by atoms with E-state index in [1.54, 1.807) is 13.4 Å². The molecule has 0 saturated carbocycles. The zero-order chi connectivity index (χ0) is 15.6. The summed E-state index contributed by atoms with van der Waals surface area (Å²) >= 11 is 0. The van der Waals surface area contributed by atoms with Crippen LogP contribution in [0.2, 0.25) is 0 Å². The molecule has 1 aliphatic heterocycles. The summed E-state index contributed by atoms with van der Waals surface area (Å²) in [7, 11) is 3.60. The first-order valence-electron chi connectivity index (χ1n) is 7.88.